The number of aromatic hydroxyl groups is 1. The molecule has 0 aromatic heterocycles. The summed E-state index contributed by atoms with van der Waals surface area (Å²) in [6.45, 7) is 0.474. The molecule has 2 aliphatic heterocycles. The van der Waals surface area contributed by atoms with Crippen molar-refractivity contribution in [3.8, 4) is 11.5 Å². The maximum absolute atomic E-state index is 12.7. The Bertz CT molecular complexity index is 1230. The maximum atomic E-state index is 12.7. The van der Waals surface area contributed by atoms with Crippen molar-refractivity contribution in [1.29, 1.82) is 0 Å². The fourth-order valence-corrected chi connectivity index (χ4v) is 5.47. The van der Waals surface area contributed by atoms with Crippen molar-refractivity contribution in [3.63, 3.8) is 0 Å². The topological polar surface area (TPSA) is 231 Å². The molecule has 1 saturated carbocycles. The number of rotatable bonds is 8. The van der Waals surface area contributed by atoms with Crippen LogP contribution in [-0.2, 0) is 33.3 Å². The second-order valence-electron chi connectivity index (χ2n) is 10.4. The summed E-state index contributed by atoms with van der Waals surface area (Å²) in [6.07, 6.45) is -8.76. The van der Waals surface area contributed by atoms with Crippen LogP contribution < -0.4 is 4.74 Å². The van der Waals surface area contributed by atoms with E-state index in [-0.39, 0.29) is 11.5 Å². The lowest BCUT2D eigenvalue weighted by molar-refractivity contribution is -0.352. The van der Waals surface area contributed by atoms with Gasteiger partial charge in [0.15, 0.2) is 17.8 Å². The highest BCUT2D eigenvalue weighted by Gasteiger charge is 2.69. The molecule has 2 fully saturated rings. The zero-order valence-electron chi connectivity index (χ0n) is 22.9. The molecule has 0 spiro atoms. The summed E-state index contributed by atoms with van der Waals surface area (Å²) in [5.74, 6) is -3.43. The molecule has 1 aliphatic carbocycles. The fourth-order valence-electron chi connectivity index (χ4n) is 5.47. The van der Waals surface area contributed by atoms with Crippen LogP contribution in [0.15, 0.2) is 36.1 Å². The van der Waals surface area contributed by atoms with Gasteiger partial charge in [-0.1, -0.05) is 6.07 Å². The SMILES string of the molecule is COC(=O)C1=COC(OC2OC(CO)C(O)C(O)C2O)C2C1(O)CC(OC(=O)C=Cc1ccc(OC)c(O)c1)C2(C)O. The maximum Gasteiger partial charge on any atom is 0.339 e. The number of aliphatic hydroxyl groups excluding tert-OH is 4. The summed E-state index contributed by atoms with van der Waals surface area (Å²) in [5.41, 5.74) is -4.37. The third-order valence-electron chi connectivity index (χ3n) is 7.75. The Morgan fingerprint density at radius 1 is 1.10 bits per heavy atom. The van der Waals surface area contributed by atoms with Crippen LogP contribution in [0.5, 0.6) is 11.5 Å². The Morgan fingerprint density at radius 3 is 2.43 bits per heavy atom. The Hall–Kier alpha value is -3.28. The molecule has 0 bridgehead atoms. The highest BCUT2D eigenvalue weighted by Crippen LogP contribution is 2.53. The first kappa shape index (κ1) is 31.7. The normalized spacial score (nSPS) is 37.9. The van der Waals surface area contributed by atoms with Crippen LogP contribution in [0, 0.1) is 5.92 Å². The smallest absolute Gasteiger partial charge is 0.339 e. The quantitative estimate of drug-likeness (QED) is 0.127. The summed E-state index contributed by atoms with van der Waals surface area (Å²) < 4.78 is 31.7. The number of carbonyl (C=O) groups is 2. The molecule has 1 aromatic carbocycles. The lowest BCUT2D eigenvalue weighted by atomic mass is 9.77. The second-order valence-corrected chi connectivity index (χ2v) is 10.4. The molecule has 1 aromatic rings. The van der Waals surface area contributed by atoms with Gasteiger partial charge in [0.2, 0.25) is 6.29 Å². The van der Waals surface area contributed by atoms with E-state index in [1.807, 2.05) is 0 Å². The molecule has 0 amide bonds. The van der Waals surface area contributed by atoms with Crippen LogP contribution in [0.25, 0.3) is 6.08 Å². The molecular weight excluding hydrogens is 564 g/mol. The molecule has 4 rings (SSSR count). The summed E-state index contributed by atoms with van der Waals surface area (Å²) in [6, 6.07) is 4.40. The van der Waals surface area contributed by atoms with Crippen molar-refractivity contribution in [2.24, 2.45) is 5.92 Å². The Balaban J connectivity index is 1.59. The summed E-state index contributed by atoms with van der Waals surface area (Å²) in [5, 5.41) is 73.4. The Labute approximate surface area is 239 Å². The van der Waals surface area contributed by atoms with Gasteiger partial charge in [-0.25, -0.2) is 9.59 Å². The Morgan fingerprint density at radius 2 is 1.81 bits per heavy atom. The average Bonchev–Trinajstić information content (AvgIpc) is 3.16. The summed E-state index contributed by atoms with van der Waals surface area (Å²) in [4.78, 5) is 25.3. The number of hydrogen-bond donors (Lipinski definition) is 7. The van der Waals surface area contributed by atoms with Crippen LogP contribution >= 0.6 is 0 Å². The van der Waals surface area contributed by atoms with E-state index in [2.05, 4.69) is 0 Å². The van der Waals surface area contributed by atoms with Gasteiger partial charge in [-0.3, -0.25) is 0 Å². The van der Waals surface area contributed by atoms with E-state index < -0.39 is 90.8 Å². The first-order chi connectivity index (χ1) is 19.8. The minimum absolute atomic E-state index is 0.161. The van der Waals surface area contributed by atoms with Gasteiger partial charge in [-0.15, -0.1) is 0 Å². The van der Waals surface area contributed by atoms with Crippen molar-refractivity contribution in [2.45, 2.75) is 67.6 Å². The van der Waals surface area contributed by atoms with Gasteiger partial charge in [0.1, 0.15) is 47.3 Å². The largest absolute Gasteiger partial charge is 0.504 e. The highest BCUT2D eigenvalue weighted by molar-refractivity contribution is 5.91. The van der Waals surface area contributed by atoms with Crippen LogP contribution in [0.2, 0.25) is 0 Å². The lowest BCUT2D eigenvalue weighted by Gasteiger charge is -2.46. The molecule has 10 atom stereocenters. The Kier molecular flexibility index (Phi) is 9.15. The van der Waals surface area contributed by atoms with E-state index in [0.717, 1.165) is 19.4 Å². The molecule has 2 heterocycles. The van der Waals surface area contributed by atoms with Gasteiger partial charge < -0.3 is 64.2 Å². The standard InChI is InChI=1S/C27H34O15/c1-26(35)17(41-18(30)7-5-12-4-6-15(37-2)14(29)8-12)9-27(36)13(23(34)38-3)11-39-25(22(26)27)42-24-21(33)20(32)19(31)16(10-28)40-24/h4-8,11,16-17,19-22,24-25,28-29,31-33,35-36H,9-10H2,1-3H3. The van der Waals surface area contributed by atoms with E-state index in [1.54, 1.807) is 6.07 Å². The molecule has 15 nitrogen and oxygen atoms in total. The van der Waals surface area contributed by atoms with Gasteiger partial charge in [0.25, 0.3) is 0 Å². The monoisotopic (exact) mass is 598 g/mol. The number of ether oxygens (including phenoxy) is 6. The molecule has 232 valence electrons. The number of methoxy groups -OCH3 is 2. The highest BCUT2D eigenvalue weighted by atomic mass is 16.8. The van der Waals surface area contributed by atoms with Gasteiger partial charge in [-0.2, -0.15) is 0 Å². The van der Waals surface area contributed by atoms with Crippen molar-refractivity contribution in [2.75, 3.05) is 20.8 Å². The second kappa shape index (κ2) is 12.1. The number of phenols is 1. The molecular formula is C27H34O15. The predicted octanol–water partition coefficient (Wildman–Crippen LogP) is -1.94. The van der Waals surface area contributed by atoms with E-state index >= 15 is 0 Å². The zero-order chi connectivity index (χ0) is 31.0. The average molecular weight is 599 g/mol. The van der Waals surface area contributed by atoms with Crippen molar-refractivity contribution in [3.05, 3.63) is 41.7 Å². The molecule has 7 N–H and O–H groups in total. The number of phenolic OH excluding ortho intramolecular Hbond substituents is 1. The molecule has 0 radical (unpaired) electrons. The van der Waals surface area contributed by atoms with Gasteiger partial charge in [0, 0.05) is 12.5 Å². The van der Waals surface area contributed by atoms with Gasteiger partial charge in [0.05, 0.1) is 33.0 Å². The van der Waals surface area contributed by atoms with E-state index in [4.69, 9.17) is 28.4 Å². The lowest BCUT2D eigenvalue weighted by Crippen LogP contribution is -2.62. The first-order valence-corrected chi connectivity index (χ1v) is 12.9. The van der Waals surface area contributed by atoms with Gasteiger partial charge in [-0.05, 0) is 30.7 Å². The summed E-state index contributed by atoms with van der Waals surface area (Å²) >= 11 is 0. The number of hydrogen-bond acceptors (Lipinski definition) is 15. The zero-order valence-corrected chi connectivity index (χ0v) is 22.9. The van der Waals surface area contributed by atoms with Crippen LogP contribution in [0.1, 0.15) is 18.9 Å². The van der Waals surface area contributed by atoms with E-state index in [0.29, 0.717) is 5.56 Å². The molecule has 1 saturated heterocycles. The van der Waals surface area contributed by atoms with E-state index in [9.17, 15) is 45.3 Å². The van der Waals surface area contributed by atoms with E-state index in [1.165, 1.54) is 32.2 Å². The number of esters is 2. The van der Waals surface area contributed by atoms with Crippen LogP contribution in [0.3, 0.4) is 0 Å². The van der Waals surface area contributed by atoms with Crippen molar-refractivity contribution in [1.82, 2.24) is 0 Å². The third-order valence-corrected chi connectivity index (χ3v) is 7.75. The molecule has 15 heteroatoms. The van der Waals surface area contributed by atoms with Crippen molar-refractivity contribution >= 4 is 18.0 Å². The number of aliphatic hydroxyl groups is 6. The van der Waals surface area contributed by atoms with Gasteiger partial charge >= 0.3 is 11.9 Å². The van der Waals surface area contributed by atoms with Crippen LogP contribution in [-0.4, -0.2) is 123 Å². The predicted molar refractivity (Wildman–Crippen MR) is 137 cm³/mol. The minimum Gasteiger partial charge on any atom is -0.504 e. The first-order valence-electron chi connectivity index (χ1n) is 12.9. The molecule has 10 unspecified atom stereocenters. The summed E-state index contributed by atoms with van der Waals surface area (Å²) in [7, 11) is 2.44. The number of benzene rings is 1. The molecule has 3 aliphatic rings. The van der Waals surface area contributed by atoms with Crippen molar-refractivity contribution < 1.29 is 73.8 Å². The number of fused-ring (bicyclic) bond motifs is 1. The molecule has 42 heavy (non-hydrogen) atoms. The number of carbonyl (C=O) groups excluding carboxylic acids is 2. The van der Waals surface area contributed by atoms with Crippen LogP contribution in [0.4, 0.5) is 0 Å². The third kappa shape index (κ3) is 5.69. The fraction of sp³-hybridized carbons (Fsp3) is 0.556. The minimum atomic E-state index is -2.25.